The van der Waals surface area contributed by atoms with Gasteiger partial charge in [-0.2, -0.15) is 21.6 Å². The van der Waals surface area contributed by atoms with Crippen LogP contribution in [0.5, 0.6) is 5.75 Å². The SMILES string of the molecule is Cc1ccc2c(c1)[Si]1(CCCCC1)c1cc(OS(=O)(=O)C(F)(F)F)ccc1C2=O.O=C1c2ccc(N3CCOCC3)cc2[Si]2(CCCCC2)c2cc(N3CCOCC3)ccc21. The summed E-state index contributed by atoms with van der Waals surface area (Å²) >= 11 is 0. The number of nitrogens with zero attached hydrogens (tertiary/aromatic N) is 2. The van der Waals surface area contributed by atoms with Crippen LogP contribution in [0.1, 0.15) is 75.9 Å². The molecule has 0 bridgehead atoms. The van der Waals surface area contributed by atoms with E-state index >= 15 is 0 Å². The van der Waals surface area contributed by atoms with Gasteiger partial charge in [0.25, 0.3) is 0 Å². The second-order valence-corrected chi connectivity index (χ2v) is 27.4. The monoisotopic (exact) mass is 888 g/mol. The van der Waals surface area contributed by atoms with Gasteiger partial charge in [0.2, 0.25) is 0 Å². The molecule has 15 heteroatoms. The number of carbonyl (C=O) groups excluding carboxylic acids is 2. The highest BCUT2D eigenvalue weighted by atomic mass is 32.2. The van der Waals surface area contributed by atoms with Crippen molar-refractivity contribution in [3.05, 3.63) is 101 Å². The summed E-state index contributed by atoms with van der Waals surface area (Å²) in [5.74, 6) is -0.355. The summed E-state index contributed by atoms with van der Waals surface area (Å²) in [5.41, 5.74) is 1.10. The Balaban J connectivity index is 0.000000157. The van der Waals surface area contributed by atoms with Crippen molar-refractivity contribution in [3.8, 4) is 5.75 Å². The number of morpholine rings is 2. The van der Waals surface area contributed by atoms with Crippen molar-refractivity contribution in [1.29, 1.82) is 0 Å². The lowest BCUT2D eigenvalue weighted by Crippen LogP contribution is -2.64. The fraction of sp³-hybridized carbons (Fsp3) is 0.435. The van der Waals surface area contributed by atoms with Gasteiger partial charge in [-0.05, 0) is 106 Å². The molecule has 0 aliphatic carbocycles. The molecule has 0 unspecified atom stereocenters. The molecule has 4 aromatic carbocycles. The summed E-state index contributed by atoms with van der Waals surface area (Å²) in [6.07, 6.45) is 6.89. The van der Waals surface area contributed by atoms with Crippen LogP contribution in [0.4, 0.5) is 24.5 Å². The molecule has 0 amide bonds. The van der Waals surface area contributed by atoms with Crippen LogP contribution in [-0.4, -0.2) is 94.2 Å². The van der Waals surface area contributed by atoms with E-state index < -0.39 is 37.5 Å². The summed E-state index contributed by atoms with van der Waals surface area (Å²) in [4.78, 5) is 31.6. The van der Waals surface area contributed by atoms with Gasteiger partial charge in [-0.1, -0.05) is 62.3 Å². The minimum Gasteiger partial charge on any atom is -0.378 e. The third-order valence-corrected chi connectivity index (χ3v) is 25.5. The minimum atomic E-state index is -5.77. The van der Waals surface area contributed by atoms with Gasteiger partial charge in [0.15, 0.2) is 11.6 Å². The Morgan fingerprint density at radius 1 is 0.557 bits per heavy atom. The summed E-state index contributed by atoms with van der Waals surface area (Å²) in [6, 6.07) is 27.3. The molecule has 0 saturated carbocycles. The largest absolute Gasteiger partial charge is 0.534 e. The van der Waals surface area contributed by atoms with Gasteiger partial charge in [0.1, 0.15) is 21.9 Å². The van der Waals surface area contributed by atoms with Gasteiger partial charge >= 0.3 is 15.6 Å². The molecule has 9 nitrogen and oxygen atoms in total. The zero-order chi connectivity index (χ0) is 42.6. The number of alkyl halides is 3. The van der Waals surface area contributed by atoms with Crippen LogP contribution in [0.2, 0.25) is 24.2 Å². The highest BCUT2D eigenvalue weighted by molar-refractivity contribution is 7.88. The Kier molecular flexibility index (Phi) is 11.3. The Hall–Kier alpha value is -4.29. The molecule has 4 fully saturated rings. The molecule has 322 valence electrons. The van der Waals surface area contributed by atoms with Crippen molar-refractivity contribution in [2.75, 3.05) is 62.4 Å². The van der Waals surface area contributed by atoms with E-state index in [1.165, 1.54) is 65.2 Å². The van der Waals surface area contributed by atoms with Gasteiger partial charge in [0, 0.05) is 59.8 Å². The Labute approximate surface area is 357 Å². The number of hydrogen-bond donors (Lipinski definition) is 0. The summed E-state index contributed by atoms with van der Waals surface area (Å²) in [7, 11) is -10.2. The first-order chi connectivity index (χ1) is 29.3. The van der Waals surface area contributed by atoms with Crippen LogP contribution in [0, 0.1) is 6.92 Å². The standard InChI is InChI=1S/C26H32N2O3Si.C20H19F3O4SSi/c29-26-22-6-4-20(27-8-12-30-13-9-27)18-24(22)32(16-2-1-3-17-32)25-19-21(5-7-23(25)26)28-10-14-31-15-11-28;1-13-5-7-15-17(11-13)29(9-3-2-4-10-29)18-12-14(6-8-16(18)19(15)24)27-28(25,26)20(21,22)23/h4-7,18-19H,1-3,8-17H2;5-8,11-12H,2-4,9-10H2,1H3. The minimum absolute atomic E-state index is 0.177. The fourth-order valence-corrected chi connectivity index (χ4v) is 22.6. The summed E-state index contributed by atoms with van der Waals surface area (Å²) < 4.78 is 76.7. The van der Waals surface area contributed by atoms with Crippen molar-refractivity contribution < 1.29 is 44.8 Å². The molecule has 0 atom stereocenters. The number of carbonyl (C=O) groups is 2. The molecular formula is C46H51F3N2O7SSi2. The number of benzene rings is 4. The van der Waals surface area contributed by atoms with E-state index in [2.05, 4.69) is 50.4 Å². The third kappa shape index (κ3) is 7.57. The average molecular weight is 889 g/mol. The van der Waals surface area contributed by atoms with E-state index in [-0.39, 0.29) is 11.6 Å². The quantitative estimate of drug-likeness (QED) is 0.136. The lowest BCUT2D eigenvalue weighted by molar-refractivity contribution is -0.0500. The number of ether oxygens (including phenoxy) is 2. The molecule has 2 spiro atoms. The van der Waals surface area contributed by atoms with E-state index in [1.54, 1.807) is 0 Å². The van der Waals surface area contributed by atoms with Gasteiger partial charge in [-0.3, -0.25) is 9.59 Å². The first-order valence-corrected chi connectivity index (χ1v) is 27.9. The smallest absolute Gasteiger partial charge is 0.378 e. The number of anilines is 2. The number of rotatable bonds is 4. The normalized spacial score (nSPS) is 20.5. The molecule has 6 heterocycles. The van der Waals surface area contributed by atoms with E-state index in [4.69, 9.17) is 9.47 Å². The van der Waals surface area contributed by atoms with Crippen LogP contribution >= 0.6 is 0 Å². The molecule has 0 N–H and O–H groups in total. The number of ketones is 2. The maximum absolute atomic E-state index is 13.7. The Morgan fingerprint density at radius 3 is 1.39 bits per heavy atom. The van der Waals surface area contributed by atoms with Gasteiger partial charge in [0.05, 0.1) is 26.4 Å². The Bertz CT molecular complexity index is 2400. The maximum atomic E-state index is 13.7. The van der Waals surface area contributed by atoms with Crippen molar-refractivity contribution in [2.45, 2.75) is 75.1 Å². The lowest BCUT2D eigenvalue weighted by atomic mass is 10.0. The summed E-state index contributed by atoms with van der Waals surface area (Å²) in [5, 5.41) is 4.50. The van der Waals surface area contributed by atoms with Crippen LogP contribution < -0.4 is 34.7 Å². The zero-order valence-electron chi connectivity index (χ0n) is 34.5. The molecule has 10 rings (SSSR count). The number of halogens is 3. The molecule has 4 aromatic rings. The van der Waals surface area contributed by atoms with Gasteiger partial charge < -0.3 is 23.5 Å². The molecule has 0 radical (unpaired) electrons. The lowest BCUT2D eigenvalue weighted by Gasteiger charge is -2.43. The second kappa shape index (κ2) is 16.4. The van der Waals surface area contributed by atoms with Crippen molar-refractivity contribution >= 4 is 70.0 Å². The highest BCUT2D eigenvalue weighted by Gasteiger charge is 2.50. The van der Waals surface area contributed by atoms with Crippen LogP contribution in [0.3, 0.4) is 0 Å². The maximum Gasteiger partial charge on any atom is 0.534 e. The second-order valence-electron chi connectivity index (χ2n) is 17.3. The zero-order valence-corrected chi connectivity index (χ0v) is 37.3. The summed E-state index contributed by atoms with van der Waals surface area (Å²) in [6.45, 7) is 8.79. The van der Waals surface area contributed by atoms with Crippen molar-refractivity contribution in [3.63, 3.8) is 0 Å². The third-order valence-electron chi connectivity index (χ3n) is 13.9. The molecule has 0 aromatic heterocycles. The number of aryl methyl sites for hydroxylation is 1. The molecule has 61 heavy (non-hydrogen) atoms. The van der Waals surface area contributed by atoms with Gasteiger partial charge in [-0.25, -0.2) is 0 Å². The molecule has 4 saturated heterocycles. The fourth-order valence-electron chi connectivity index (χ4n) is 10.9. The van der Waals surface area contributed by atoms with E-state index in [1.807, 2.05) is 25.1 Å². The Morgan fingerprint density at radius 2 is 0.951 bits per heavy atom. The van der Waals surface area contributed by atoms with E-state index in [0.717, 1.165) is 112 Å². The molecule has 6 aliphatic heterocycles. The average Bonchev–Trinajstić information content (AvgIpc) is 3.28. The van der Waals surface area contributed by atoms with E-state index in [0.29, 0.717) is 16.3 Å². The predicted octanol–water partition coefficient (Wildman–Crippen LogP) is 6.17. The van der Waals surface area contributed by atoms with Crippen molar-refractivity contribution in [2.24, 2.45) is 0 Å². The molecule has 6 aliphatic rings. The predicted molar refractivity (Wildman–Crippen MR) is 236 cm³/mol. The first kappa shape index (κ1) is 42.0. The van der Waals surface area contributed by atoms with Crippen LogP contribution in [-0.2, 0) is 19.6 Å². The van der Waals surface area contributed by atoms with Gasteiger partial charge in [-0.15, -0.1) is 0 Å². The number of hydrogen-bond acceptors (Lipinski definition) is 9. The van der Waals surface area contributed by atoms with Crippen LogP contribution in [0.25, 0.3) is 0 Å². The number of fused-ring (bicyclic) bond motifs is 8. The van der Waals surface area contributed by atoms with Crippen LogP contribution in [0.15, 0.2) is 72.8 Å². The topological polar surface area (TPSA) is 102 Å². The molecular weight excluding hydrogens is 838 g/mol. The van der Waals surface area contributed by atoms with Crippen molar-refractivity contribution in [1.82, 2.24) is 0 Å². The highest BCUT2D eigenvalue weighted by Crippen LogP contribution is 2.38. The van der Waals surface area contributed by atoms with E-state index in [9.17, 15) is 31.2 Å². The first-order valence-electron chi connectivity index (χ1n) is 21.6.